The highest BCUT2D eigenvalue weighted by molar-refractivity contribution is 5.83. The van der Waals surface area contributed by atoms with Crippen molar-refractivity contribution in [3.63, 3.8) is 0 Å². The van der Waals surface area contributed by atoms with Gasteiger partial charge in [-0.25, -0.2) is 8.78 Å². The summed E-state index contributed by atoms with van der Waals surface area (Å²) in [6.45, 7) is 3.32. The van der Waals surface area contributed by atoms with E-state index in [9.17, 15) is 13.6 Å². The molecule has 0 aliphatic heterocycles. The molecule has 2 aromatic rings. The predicted molar refractivity (Wildman–Crippen MR) is 66.2 cm³/mol. The quantitative estimate of drug-likeness (QED) is 0.761. The second-order valence-corrected chi connectivity index (χ2v) is 4.94. The van der Waals surface area contributed by atoms with Crippen LogP contribution in [0.3, 0.4) is 0 Å². The van der Waals surface area contributed by atoms with Crippen LogP contribution in [-0.2, 0) is 0 Å². The van der Waals surface area contributed by atoms with Crippen LogP contribution >= 0.6 is 0 Å². The van der Waals surface area contributed by atoms with Crippen LogP contribution in [0, 0.1) is 19.7 Å². The van der Waals surface area contributed by atoms with Crippen molar-refractivity contribution in [2.75, 3.05) is 0 Å². The van der Waals surface area contributed by atoms with Gasteiger partial charge in [-0.2, -0.15) is 0 Å². The van der Waals surface area contributed by atoms with E-state index in [1.165, 1.54) is 12.1 Å². The van der Waals surface area contributed by atoms with Gasteiger partial charge in [0.25, 0.3) is 0 Å². The molecule has 0 unspecified atom stereocenters. The van der Waals surface area contributed by atoms with Crippen LogP contribution in [0.25, 0.3) is 10.9 Å². The number of rotatable bonds is 1. The van der Waals surface area contributed by atoms with Crippen molar-refractivity contribution in [1.82, 2.24) is 4.57 Å². The lowest BCUT2D eigenvalue weighted by Crippen LogP contribution is -2.13. The van der Waals surface area contributed by atoms with Crippen molar-refractivity contribution in [3.8, 4) is 0 Å². The summed E-state index contributed by atoms with van der Waals surface area (Å²) in [6.07, 6.45) is 1.19. The summed E-state index contributed by atoms with van der Waals surface area (Å²) in [5.74, 6) is -0.365. The fourth-order valence-corrected chi connectivity index (χ4v) is 2.44. The third-order valence-corrected chi connectivity index (χ3v) is 3.60. The van der Waals surface area contributed by atoms with Gasteiger partial charge in [-0.15, -0.1) is 0 Å². The summed E-state index contributed by atoms with van der Waals surface area (Å²) in [4.78, 5) is 12.0. The number of fused-ring (bicyclic) bond motifs is 1. The molecule has 0 saturated heterocycles. The summed E-state index contributed by atoms with van der Waals surface area (Å²) >= 11 is 0. The number of hydrogen-bond donors (Lipinski definition) is 0. The summed E-state index contributed by atoms with van der Waals surface area (Å²) in [6, 6.07) is 2.52. The second-order valence-electron chi connectivity index (χ2n) is 4.94. The number of benzene rings is 1. The molecule has 0 N–H and O–H groups in total. The standard InChI is InChI=1S/C14H13F2NO/c1-7-6-17(12-5-11(12)16)13-8(2)10(15)4-3-9(13)14(7)18/h3-4,6,11-12H,5H2,1-2H3/t11-,12+/m0/s1. The highest BCUT2D eigenvalue weighted by atomic mass is 19.1. The molecule has 18 heavy (non-hydrogen) atoms. The molecule has 0 bridgehead atoms. The van der Waals surface area contributed by atoms with Gasteiger partial charge in [0.15, 0.2) is 5.43 Å². The Labute approximate surface area is 103 Å². The van der Waals surface area contributed by atoms with Crippen LogP contribution in [0.15, 0.2) is 23.1 Å². The van der Waals surface area contributed by atoms with Crippen molar-refractivity contribution >= 4 is 10.9 Å². The van der Waals surface area contributed by atoms with Crippen molar-refractivity contribution in [2.24, 2.45) is 0 Å². The molecule has 2 atom stereocenters. The average molecular weight is 249 g/mol. The molecule has 4 heteroatoms. The summed E-state index contributed by atoms with van der Waals surface area (Å²) < 4.78 is 28.6. The van der Waals surface area contributed by atoms with Gasteiger partial charge in [0.2, 0.25) is 0 Å². The van der Waals surface area contributed by atoms with E-state index in [-0.39, 0.29) is 17.3 Å². The van der Waals surface area contributed by atoms with Crippen molar-refractivity contribution in [1.29, 1.82) is 0 Å². The van der Waals surface area contributed by atoms with Crippen molar-refractivity contribution < 1.29 is 8.78 Å². The molecule has 3 rings (SSSR count). The number of alkyl halides is 1. The van der Waals surface area contributed by atoms with E-state index < -0.39 is 6.17 Å². The molecule has 94 valence electrons. The minimum atomic E-state index is -0.891. The van der Waals surface area contributed by atoms with Crippen molar-refractivity contribution in [2.45, 2.75) is 32.5 Å². The first-order valence-electron chi connectivity index (χ1n) is 5.95. The molecular formula is C14H13F2NO. The first-order valence-corrected chi connectivity index (χ1v) is 5.95. The largest absolute Gasteiger partial charge is 0.341 e. The minimum Gasteiger partial charge on any atom is -0.341 e. The fourth-order valence-electron chi connectivity index (χ4n) is 2.44. The molecule has 1 aromatic heterocycles. The third kappa shape index (κ3) is 1.48. The zero-order valence-corrected chi connectivity index (χ0v) is 10.2. The van der Waals surface area contributed by atoms with Crippen LogP contribution in [0.1, 0.15) is 23.6 Å². The number of aryl methyl sites for hydroxylation is 2. The molecule has 1 aliphatic carbocycles. The first-order chi connectivity index (χ1) is 8.50. The van der Waals surface area contributed by atoms with E-state index in [2.05, 4.69) is 0 Å². The molecule has 0 amide bonds. The fraction of sp³-hybridized carbons (Fsp3) is 0.357. The molecule has 1 heterocycles. The maximum absolute atomic E-state index is 13.6. The lowest BCUT2D eigenvalue weighted by atomic mass is 10.1. The third-order valence-electron chi connectivity index (χ3n) is 3.60. The number of pyridine rings is 1. The highest BCUT2D eigenvalue weighted by Crippen LogP contribution is 2.41. The van der Waals surface area contributed by atoms with Gasteiger partial charge in [-0.3, -0.25) is 4.79 Å². The Morgan fingerprint density at radius 3 is 2.61 bits per heavy atom. The van der Waals surface area contributed by atoms with E-state index in [1.807, 2.05) is 0 Å². The Morgan fingerprint density at radius 1 is 1.33 bits per heavy atom. The Hall–Kier alpha value is -1.71. The number of halogens is 2. The van der Waals surface area contributed by atoms with Crippen LogP contribution < -0.4 is 5.43 Å². The van der Waals surface area contributed by atoms with Crippen LogP contribution in [0.5, 0.6) is 0 Å². The van der Waals surface area contributed by atoms with E-state index in [0.29, 0.717) is 28.5 Å². The van der Waals surface area contributed by atoms with Crippen LogP contribution in [0.2, 0.25) is 0 Å². The molecule has 1 saturated carbocycles. The van der Waals surface area contributed by atoms with E-state index >= 15 is 0 Å². The van der Waals surface area contributed by atoms with Gasteiger partial charge in [0, 0.05) is 29.1 Å². The number of aromatic nitrogens is 1. The van der Waals surface area contributed by atoms with Gasteiger partial charge in [-0.1, -0.05) is 0 Å². The maximum Gasteiger partial charge on any atom is 0.192 e. The molecule has 0 spiro atoms. The van der Waals surface area contributed by atoms with Crippen molar-refractivity contribution in [3.05, 3.63) is 45.5 Å². The van der Waals surface area contributed by atoms with E-state index in [0.717, 1.165) is 0 Å². The molecule has 1 aromatic carbocycles. The average Bonchev–Trinajstić information content (AvgIpc) is 3.05. The first kappa shape index (κ1) is 11.4. The van der Waals surface area contributed by atoms with Gasteiger partial charge in [0.1, 0.15) is 12.0 Å². The minimum absolute atomic E-state index is 0.111. The lowest BCUT2D eigenvalue weighted by Gasteiger charge is -2.13. The van der Waals surface area contributed by atoms with Gasteiger partial charge >= 0.3 is 0 Å². The van der Waals surface area contributed by atoms with Gasteiger partial charge < -0.3 is 4.57 Å². The van der Waals surface area contributed by atoms with Gasteiger partial charge in [0.05, 0.1) is 11.6 Å². The topological polar surface area (TPSA) is 22.0 Å². The SMILES string of the molecule is Cc1cn([C@@H]2C[C@@H]2F)c2c(C)c(F)ccc2c1=O. The lowest BCUT2D eigenvalue weighted by molar-refractivity contribution is 0.444. The Kier molecular flexibility index (Phi) is 2.30. The van der Waals surface area contributed by atoms with Crippen LogP contribution in [0.4, 0.5) is 8.78 Å². The smallest absolute Gasteiger partial charge is 0.192 e. The van der Waals surface area contributed by atoms with Gasteiger partial charge in [-0.05, 0) is 26.0 Å². The maximum atomic E-state index is 13.6. The Morgan fingerprint density at radius 2 is 2.00 bits per heavy atom. The Balaban J connectivity index is 2.44. The summed E-state index contributed by atoms with van der Waals surface area (Å²) in [7, 11) is 0. The zero-order chi connectivity index (χ0) is 13.0. The zero-order valence-electron chi connectivity index (χ0n) is 10.2. The monoisotopic (exact) mass is 249 g/mol. The Bertz CT molecular complexity index is 705. The highest BCUT2D eigenvalue weighted by Gasteiger charge is 2.39. The van der Waals surface area contributed by atoms with E-state index in [1.54, 1.807) is 24.6 Å². The number of nitrogens with zero attached hydrogens (tertiary/aromatic N) is 1. The normalized spacial score (nSPS) is 22.4. The molecule has 2 nitrogen and oxygen atoms in total. The van der Waals surface area contributed by atoms with E-state index in [4.69, 9.17) is 0 Å². The van der Waals surface area contributed by atoms with Crippen LogP contribution in [-0.4, -0.2) is 10.7 Å². The molecular weight excluding hydrogens is 236 g/mol. The number of hydrogen-bond acceptors (Lipinski definition) is 1. The molecule has 0 radical (unpaired) electrons. The summed E-state index contributed by atoms with van der Waals surface area (Å²) in [5.41, 5.74) is 1.38. The second kappa shape index (κ2) is 3.64. The predicted octanol–water partition coefficient (Wildman–Crippen LogP) is 3.04. The summed E-state index contributed by atoms with van der Waals surface area (Å²) in [5, 5.41) is 0.466. The molecule has 1 fully saturated rings. The molecule has 1 aliphatic rings.